The summed E-state index contributed by atoms with van der Waals surface area (Å²) in [6, 6.07) is 0. The molecule has 0 saturated carbocycles. The van der Waals surface area contributed by atoms with Crippen LogP contribution in [-0.4, -0.2) is 9.97 Å². The zero-order chi connectivity index (χ0) is 8.43. The summed E-state index contributed by atoms with van der Waals surface area (Å²) in [6.07, 6.45) is 0.774. The van der Waals surface area contributed by atoms with Gasteiger partial charge in [-0.05, 0) is 13.8 Å². The molecule has 1 aromatic rings. The Labute approximate surface area is 65.5 Å². The molecule has 0 aliphatic rings. The van der Waals surface area contributed by atoms with Crippen LogP contribution in [0.4, 0.5) is 0 Å². The van der Waals surface area contributed by atoms with E-state index < -0.39 is 0 Å². The first kappa shape index (κ1) is 7.98. The van der Waals surface area contributed by atoms with Crippen LogP contribution in [0.1, 0.15) is 24.0 Å². The molecule has 0 unspecified atom stereocenters. The van der Waals surface area contributed by atoms with Gasteiger partial charge in [0.15, 0.2) is 0 Å². The maximum Gasteiger partial charge on any atom is 0.254 e. The Bertz CT molecular complexity index is 314. The smallest absolute Gasteiger partial charge is 0.254 e. The summed E-state index contributed by atoms with van der Waals surface area (Å²) in [6.45, 7) is 5.59. The van der Waals surface area contributed by atoms with E-state index in [-0.39, 0.29) is 5.56 Å². The van der Waals surface area contributed by atoms with E-state index in [4.69, 9.17) is 0 Å². The van der Waals surface area contributed by atoms with E-state index in [1.165, 1.54) is 0 Å². The van der Waals surface area contributed by atoms with Crippen LogP contribution in [0.15, 0.2) is 4.79 Å². The third-order valence-electron chi connectivity index (χ3n) is 1.78. The van der Waals surface area contributed by atoms with Crippen molar-refractivity contribution in [3.05, 3.63) is 27.4 Å². The van der Waals surface area contributed by atoms with Gasteiger partial charge in [0.1, 0.15) is 5.82 Å². The number of hydrogen-bond acceptors (Lipinski definition) is 2. The summed E-state index contributed by atoms with van der Waals surface area (Å²) in [4.78, 5) is 18.0. The normalized spacial score (nSPS) is 10.1. The highest BCUT2D eigenvalue weighted by atomic mass is 16.1. The molecule has 0 bridgehead atoms. The lowest BCUT2D eigenvalue weighted by molar-refractivity contribution is 0.883. The second-order valence-corrected chi connectivity index (χ2v) is 2.58. The number of nitrogens with one attached hydrogen (secondary N) is 1. The largest absolute Gasteiger partial charge is 0.310 e. The molecule has 3 heteroatoms. The summed E-state index contributed by atoms with van der Waals surface area (Å²) in [5, 5.41) is 0. The Morgan fingerprint density at radius 2 is 2.09 bits per heavy atom. The van der Waals surface area contributed by atoms with Crippen LogP contribution in [0.5, 0.6) is 0 Å². The van der Waals surface area contributed by atoms with Crippen molar-refractivity contribution in [1.82, 2.24) is 9.97 Å². The first-order valence-corrected chi connectivity index (χ1v) is 3.71. The van der Waals surface area contributed by atoms with E-state index >= 15 is 0 Å². The summed E-state index contributed by atoms with van der Waals surface area (Å²) in [5.41, 5.74) is 1.52. The molecule has 11 heavy (non-hydrogen) atoms. The Hall–Kier alpha value is -1.12. The fourth-order valence-corrected chi connectivity index (χ4v) is 0.871. The molecule has 3 nitrogen and oxygen atoms in total. The van der Waals surface area contributed by atoms with Crippen molar-refractivity contribution in [2.45, 2.75) is 27.2 Å². The zero-order valence-electron chi connectivity index (χ0n) is 7.06. The molecule has 1 N–H and O–H groups in total. The number of aryl methyl sites for hydroxylation is 2. The zero-order valence-corrected chi connectivity index (χ0v) is 7.06. The molecule has 1 rings (SSSR count). The van der Waals surface area contributed by atoms with E-state index in [1.807, 2.05) is 13.8 Å². The monoisotopic (exact) mass is 152 g/mol. The van der Waals surface area contributed by atoms with Gasteiger partial charge in [0.05, 0.1) is 0 Å². The van der Waals surface area contributed by atoms with Gasteiger partial charge < -0.3 is 4.98 Å². The molecule has 0 saturated heterocycles. The third-order valence-corrected chi connectivity index (χ3v) is 1.78. The van der Waals surface area contributed by atoms with Crippen molar-refractivity contribution in [2.24, 2.45) is 0 Å². The lowest BCUT2D eigenvalue weighted by Gasteiger charge is -1.99. The maximum atomic E-state index is 11.1. The predicted octanol–water partition coefficient (Wildman–Crippen LogP) is 0.949. The fraction of sp³-hybridized carbons (Fsp3) is 0.500. The molecule has 0 amide bonds. The molecule has 0 aliphatic heterocycles. The topological polar surface area (TPSA) is 45.8 Å². The highest BCUT2D eigenvalue weighted by molar-refractivity contribution is 5.13. The predicted molar refractivity (Wildman–Crippen MR) is 43.7 cm³/mol. The SMILES string of the molecule is CCc1nc(C)c(C)c(=O)[nH]1. The Balaban J connectivity index is 3.32. The minimum atomic E-state index is -0.0191. The van der Waals surface area contributed by atoms with Crippen LogP contribution in [-0.2, 0) is 6.42 Å². The van der Waals surface area contributed by atoms with Crippen molar-refractivity contribution < 1.29 is 0 Å². The third kappa shape index (κ3) is 1.48. The van der Waals surface area contributed by atoms with E-state index in [0.29, 0.717) is 5.56 Å². The van der Waals surface area contributed by atoms with Crippen LogP contribution in [0.25, 0.3) is 0 Å². The number of nitrogens with zero attached hydrogens (tertiary/aromatic N) is 1. The van der Waals surface area contributed by atoms with Gasteiger partial charge in [0, 0.05) is 17.7 Å². The molecule has 0 spiro atoms. The fourth-order valence-electron chi connectivity index (χ4n) is 0.871. The maximum absolute atomic E-state index is 11.1. The van der Waals surface area contributed by atoms with Gasteiger partial charge in [-0.1, -0.05) is 6.92 Å². The second-order valence-electron chi connectivity index (χ2n) is 2.58. The lowest BCUT2D eigenvalue weighted by Crippen LogP contribution is -2.15. The molecule has 0 fully saturated rings. The van der Waals surface area contributed by atoms with E-state index in [2.05, 4.69) is 9.97 Å². The summed E-state index contributed by atoms with van der Waals surface area (Å²) in [7, 11) is 0. The van der Waals surface area contributed by atoms with Crippen molar-refractivity contribution >= 4 is 0 Å². The lowest BCUT2D eigenvalue weighted by atomic mass is 10.2. The Morgan fingerprint density at radius 1 is 1.45 bits per heavy atom. The first-order chi connectivity index (χ1) is 5.15. The number of hydrogen-bond donors (Lipinski definition) is 1. The highest BCUT2D eigenvalue weighted by Crippen LogP contribution is 1.96. The van der Waals surface area contributed by atoms with Gasteiger partial charge >= 0.3 is 0 Å². The minimum Gasteiger partial charge on any atom is -0.310 e. The molecule has 60 valence electrons. The van der Waals surface area contributed by atoms with Gasteiger partial charge in [-0.2, -0.15) is 0 Å². The summed E-state index contributed by atoms with van der Waals surface area (Å²) < 4.78 is 0. The molecule has 0 aromatic carbocycles. The minimum absolute atomic E-state index is 0.0191. The van der Waals surface area contributed by atoms with Crippen molar-refractivity contribution in [3.8, 4) is 0 Å². The highest BCUT2D eigenvalue weighted by Gasteiger charge is 2.00. The van der Waals surface area contributed by atoms with Gasteiger partial charge in [-0.3, -0.25) is 4.79 Å². The van der Waals surface area contributed by atoms with Crippen molar-refractivity contribution in [2.75, 3.05) is 0 Å². The molecule has 0 radical (unpaired) electrons. The van der Waals surface area contributed by atoms with Crippen molar-refractivity contribution in [3.63, 3.8) is 0 Å². The van der Waals surface area contributed by atoms with Crippen LogP contribution in [0, 0.1) is 13.8 Å². The van der Waals surface area contributed by atoms with E-state index in [0.717, 1.165) is 17.9 Å². The average Bonchev–Trinajstić information content (AvgIpc) is 1.99. The van der Waals surface area contributed by atoms with Gasteiger partial charge in [-0.25, -0.2) is 4.98 Å². The molecule has 1 aromatic heterocycles. The van der Waals surface area contributed by atoms with Crippen molar-refractivity contribution in [1.29, 1.82) is 0 Å². The number of aromatic nitrogens is 2. The second kappa shape index (κ2) is 2.86. The van der Waals surface area contributed by atoms with Gasteiger partial charge in [0.25, 0.3) is 5.56 Å². The molecule has 0 atom stereocenters. The standard InChI is InChI=1S/C8H12N2O/c1-4-7-9-6(3)5(2)8(11)10-7/h4H2,1-3H3,(H,9,10,11). The average molecular weight is 152 g/mol. The molecular weight excluding hydrogens is 140 g/mol. The van der Waals surface area contributed by atoms with E-state index in [1.54, 1.807) is 6.92 Å². The molecule has 0 aliphatic carbocycles. The Morgan fingerprint density at radius 3 is 2.55 bits per heavy atom. The van der Waals surface area contributed by atoms with Gasteiger partial charge in [-0.15, -0.1) is 0 Å². The van der Waals surface area contributed by atoms with Gasteiger partial charge in [0.2, 0.25) is 0 Å². The first-order valence-electron chi connectivity index (χ1n) is 3.71. The summed E-state index contributed by atoms with van der Waals surface area (Å²) in [5.74, 6) is 0.762. The molecular formula is C8H12N2O. The van der Waals surface area contributed by atoms with Crippen LogP contribution < -0.4 is 5.56 Å². The number of aromatic amines is 1. The van der Waals surface area contributed by atoms with E-state index in [9.17, 15) is 4.79 Å². The number of rotatable bonds is 1. The Kier molecular flexibility index (Phi) is 2.08. The number of H-pyrrole nitrogens is 1. The molecule has 1 heterocycles. The van der Waals surface area contributed by atoms with Crippen LogP contribution >= 0.6 is 0 Å². The van der Waals surface area contributed by atoms with Crippen LogP contribution in [0.2, 0.25) is 0 Å². The summed E-state index contributed by atoms with van der Waals surface area (Å²) >= 11 is 0. The van der Waals surface area contributed by atoms with Crippen LogP contribution in [0.3, 0.4) is 0 Å². The quantitative estimate of drug-likeness (QED) is 0.651.